The predicted molar refractivity (Wildman–Crippen MR) is 42.2 cm³/mol. The number of carbonyl (C=O) groups is 1. The molecule has 0 bridgehead atoms. The van der Waals surface area contributed by atoms with Gasteiger partial charge in [0.15, 0.2) is 0 Å². The van der Waals surface area contributed by atoms with Crippen molar-refractivity contribution in [3.63, 3.8) is 0 Å². The number of rotatable bonds is 4. The maximum atomic E-state index is 10.4. The van der Waals surface area contributed by atoms with Crippen LogP contribution in [0.15, 0.2) is 11.8 Å². The second-order valence-corrected chi connectivity index (χ2v) is 2.51. The molecule has 0 aromatic carbocycles. The van der Waals surface area contributed by atoms with Crippen LogP contribution in [0.2, 0.25) is 0 Å². The van der Waals surface area contributed by atoms with Gasteiger partial charge < -0.3 is 9.84 Å². The molecule has 0 atom stereocenters. The second kappa shape index (κ2) is 4.77. The topological polar surface area (TPSA) is 46.5 Å². The highest BCUT2D eigenvalue weighted by atomic mass is 16.5. The Morgan fingerprint density at radius 3 is 2.45 bits per heavy atom. The summed E-state index contributed by atoms with van der Waals surface area (Å²) in [5, 5.41) is 8.56. The first-order chi connectivity index (χ1) is 5.07. The van der Waals surface area contributed by atoms with E-state index in [1.54, 1.807) is 13.0 Å². The third-order valence-corrected chi connectivity index (χ3v) is 0.995. The summed E-state index contributed by atoms with van der Waals surface area (Å²) in [6.45, 7) is 5.96. The summed E-state index contributed by atoms with van der Waals surface area (Å²) in [5.74, 6) is -0.754. The van der Waals surface area contributed by atoms with Crippen molar-refractivity contribution in [1.29, 1.82) is 0 Å². The minimum absolute atomic E-state index is 0.0440. The molecule has 0 saturated carbocycles. The number of hydrogen-bond donors (Lipinski definition) is 1. The average Bonchev–Trinajstić information content (AvgIpc) is 1.86. The van der Waals surface area contributed by atoms with Crippen LogP contribution in [0.5, 0.6) is 0 Å². The Bertz CT molecular complexity index is 159. The van der Waals surface area contributed by atoms with Crippen molar-refractivity contribution < 1.29 is 14.6 Å². The van der Waals surface area contributed by atoms with Gasteiger partial charge >= 0.3 is 5.97 Å². The van der Waals surface area contributed by atoms with E-state index in [9.17, 15) is 4.79 Å². The number of carboxylic acids is 1. The fraction of sp³-hybridized carbons (Fsp3) is 0.625. The lowest BCUT2D eigenvalue weighted by Crippen LogP contribution is -2.06. The van der Waals surface area contributed by atoms with E-state index in [1.807, 2.05) is 13.8 Å². The second-order valence-electron chi connectivity index (χ2n) is 2.51. The molecule has 0 aliphatic rings. The molecule has 0 amide bonds. The molecule has 3 nitrogen and oxygen atoms in total. The van der Waals surface area contributed by atoms with Crippen molar-refractivity contribution >= 4 is 5.97 Å². The molecule has 0 unspecified atom stereocenters. The molecular weight excluding hydrogens is 144 g/mol. The summed E-state index contributed by atoms with van der Waals surface area (Å²) in [6.07, 6.45) is 1.59. The van der Waals surface area contributed by atoms with Gasteiger partial charge in [-0.3, -0.25) is 0 Å². The van der Waals surface area contributed by atoms with Gasteiger partial charge in [-0.25, -0.2) is 4.79 Å². The lowest BCUT2D eigenvalue weighted by atomic mass is 10.2. The zero-order chi connectivity index (χ0) is 8.85. The van der Waals surface area contributed by atoms with Gasteiger partial charge in [0.1, 0.15) is 0 Å². The van der Waals surface area contributed by atoms with Gasteiger partial charge in [0.25, 0.3) is 0 Å². The molecule has 11 heavy (non-hydrogen) atoms. The summed E-state index contributed by atoms with van der Waals surface area (Å²) in [7, 11) is 0. The minimum atomic E-state index is -0.999. The first-order valence-electron chi connectivity index (χ1n) is 3.65. The highest BCUT2D eigenvalue weighted by Crippen LogP contribution is 2.03. The number of allylic oxidation sites excluding steroid dienone is 1. The largest absolute Gasteiger partial charge is 0.487 e. The third kappa shape index (κ3) is 4.42. The summed E-state index contributed by atoms with van der Waals surface area (Å²) in [4.78, 5) is 10.4. The molecule has 0 fully saturated rings. The maximum Gasteiger partial charge on any atom is 0.370 e. The summed E-state index contributed by atoms with van der Waals surface area (Å²) >= 11 is 0. The van der Waals surface area contributed by atoms with Crippen LogP contribution < -0.4 is 0 Å². The standard InChI is InChI=1S/C8H14O3/c1-4-11-7(8(9)10)5-6(2)3/h5-6H,4H2,1-3H3,(H,9,10). The zero-order valence-corrected chi connectivity index (χ0v) is 7.13. The van der Waals surface area contributed by atoms with Gasteiger partial charge in [-0.15, -0.1) is 0 Å². The molecule has 0 aromatic rings. The average molecular weight is 158 g/mol. The van der Waals surface area contributed by atoms with Gasteiger partial charge in [0.2, 0.25) is 5.76 Å². The SMILES string of the molecule is CCOC(=CC(C)C)C(=O)O. The quantitative estimate of drug-likeness (QED) is 0.499. The van der Waals surface area contributed by atoms with E-state index in [2.05, 4.69) is 0 Å². The Balaban J connectivity index is 4.20. The van der Waals surface area contributed by atoms with Gasteiger partial charge in [0, 0.05) is 0 Å². The zero-order valence-electron chi connectivity index (χ0n) is 7.13. The fourth-order valence-electron chi connectivity index (χ4n) is 0.639. The highest BCUT2D eigenvalue weighted by Gasteiger charge is 2.07. The minimum Gasteiger partial charge on any atom is -0.487 e. The van der Waals surface area contributed by atoms with Gasteiger partial charge in [0.05, 0.1) is 6.61 Å². The van der Waals surface area contributed by atoms with Crippen molar-refractivity contribution in [1.82, 2.24) is 0 Å². The lowest BCUT2D eigenvalue weighted by molar-refractivity contribution is -0.136. The first-order valence-corrected chi connectivity index (χ1v) is 3.65. The summed E-state index contributed by atoms with van der Waals surface area (Å²) < 4.78 is 4.88. The van der Waals surface area contributed by atoms with E-state index >= 15 is 0 Å². The normalized spacial score (nSPS) is 11.8. The van der Waals surface area contributed by atoms with E-state index in [-0.39, 0.29) is 11.7 Å². The molecular formula is C8H14O3. The molecule has 0 saturated heterocycles. The Morgan fingerprint density at radius 2 is 2.18 bits per heavy atom. The highest BCUT2D eigenvalue weighted by molar-refractivity contribution is 5.84. The van der Waals surface area contributed by atoms with Gasteiger partial charge in [-0.2, -0.15) is 0 Å². The number of aliphatic carboxylic acids is 1. The van der Waals surface area contributed by atoms with E-state index < -0.39 is 5.97 Å². The van der Waals surface area contributed by atoms with Crippen LogP contribution in [0.1, 0.15) is 20.8 Å². The summed E-state index contributed by atoms with van der Waals surface area (Å²) in [5.41, 5.74) is 0. The van der Waals surface area contributed by atoms with E-state index in [0.29, 0.717) is 6.61 Å². The maximum absolute atomic E-state index is 10.4. The number of ether oxygens (including phenoxy) is 1. The van der Waals surface area contributed by atoms with Crippen molar-refractivity contribution in [2.45, 2.75) is 20.8 Å². The van der Waals surface area contributed by atoms with Crippen LogP contribution in [0.25, 0.3) is 0 Å². The molecule has 0 rings (SSSR count). The summed E-state index contributed by atoms with van der Waals surface area (Å²) in [6, 6.07) is 0. The van der Waals surface area contributed by atoms with Gasteiger partial charge in [-0.1, -0.05) is 13.8 Å². The fourth-order valence-corrected chi connectivity index (χ4v) is 0.639. The van der Waals surface area contributed by atoms with Gasteiger partial charge in [-0.05, 0) is 18.9 Å². The third-order valence-electron chi connectivity index (χ3n) is 0.995. The predicted octanol–water partition coefficient (Wildman–Crippen LogP) is 1.65. The van der Waals surface area contributed by atoms with E-state index in [4.69, 9.17) is 9.84 Å². The number of hydrogen-bond acceptors (Lipinski definition) is 2. The van der Waals surface area contributed by atoms with Crippen molar-refractivity contribution in [2.24, 2.45) is 5.92 Å². The Labute approximate surface area is 66.7 Å². The van der Waals surface area contributed by atoms with Crippen LogP contribution in [0.3, 0.4) is 0 Å². The smallest absolute Gasteiger partial charge is 0.370 e. The molecule has 0 aliphatic heterocycles. The van der Waals surface area contributed by atoms with Crippen molar-refractivity contribution in [2.75, 3.05) is 6.61 Å². The Hall–Kier alpha value is -0.990. The van der Waals surface area contributed by atoms with Crippen LogP contribution in [-0.4, -0.2) is 17.7 Å². The van der Waals surface area contributed by atoms with Crippen molar-refractivity contribution in [3.05, 3.63) is 11.8 Å². The van der Waals surface area contributed by atoms with Crippen LogP contribution in [0, 0.1) is 5.92 Å². The molecule has 1 N–H and O–H groups in total. The van der Waals surface area contributed by atoms with Crippen LogP contribution in [0.4, 0.5) is 0 Å². The molecule has 3 heteroatoms. The van der Waals surface area contributed by atoms with E-state index in [1.165, 1.54) is 0 Å². The molecule has 64 valence electrons. The molecule has 0 spiro atoms. The Kier molecular flexibility index (Phi) is 4.34. The van der Waals surface area contributed by atoms with Crippen LogP contribution in [-0.2, 0) is 9.53 Å². The van der Waals surface area contributed by atoms with Crippen molar-refractivity contribution in [3.8, 4) is 0 Å². The first kappa shape index (κ1) is 10.0. The van der Waals surface area contributed by atoms with Crippen LogP contribution >= 0.6 is 0 Å². The molecule has 0 heterocycles. The monoisotopic (exact) mass is 158 g/mol. The lowest BCUT2D eigenvalue weighted by Gasteiger charge is -2.04. The van der Waals surface area contributed by atoms with E-state index in [0.717, 1.165) is 0 Å². The molecule has 0 aromatic heterocycles. The number of carboxylic acid groups (broad SMARTS) is 1. The molecule has 0 radical (unpaired) electrons. The Morgan fingerprint density at radius 1 is 1.64 bits per heavy atom. The molecule has 0 aliphatic carbocycles.